The SMILES string of the molecule is COc1ccc(S(=O)(=O)Nc2ccccc2OC)cc1NC(=O)c1cccc(Cl)c1. The highest BCUT2D eigenvalue weighted by Gasteiger charge is 2.19. The zero-order valence-electron chi connectivity index (χ0n) is 16.2. The molecule has 0 fully saturated rings. The molecule has 7 nitrogen and oxygen atoms in total. The fourth-order valence-electron chi connectivity index (χ4n) is 2.71. The Morgan fingerprint density at radius 3 is 2.27 bits per heavy atom. The molecule has 30 heavy (non-hydrogen) atoms. The number of para-hydroxylation sites is 2. The van der Waals surface area contributed by atoms with Crippen molar-refractivity contribution in [3.05, 3.63) is 77.3 Å². The minimum absolute atomic E-state index is 0.0596. The van der Waals surface area contributed by atoms with Crippen molar-refractivity contribution >= 4 is 38.9 Å². The Hall–Kier alpha value is -3.23. The number of anilines is 2. The van der Waals surface area contributed by atoms with Crippen molar-refractivity contribution in [2.75, 3.05) is 24.3 Å². The van der Waals surface area contributed by atoms with Gasteiger partial charge in [0.05, 0.1) is 30.5 Å². The second-order valence-corrected chi connectivity index (χ2v) is 8.25. The minimum atomic E-state index is -3.96. The van der Waals surface area contributed by atoms with Crippen molar-refractivity contribution in [2.45, 2.75) is 4.90 Å². The van der Waals surface area contributed by atoms with Gasteiger partial charge in [0.2, 0.25) is 0 Å². The van der Waals surface area contributed by atoms with E-state index in [2.05, 4.69) is 10.0 Å². The van der Waals surface area contributed by atoms with Gasteiger partial charge in [0, 0.05) is 10.6 Å². The Morgan fingerprint density at radius 2 is 1.57 bits per heavy atom. The van der Waals surface area contributed by atoms with Gasteiger partial charge in [0.15, 0.2) is 0 Å². The van der Waals surface area contributed by atoms with Crippen LogP contribution in [0, 0.1) is 0 Å². The second kappa shape index (κ2) is 9.06. The molecule has 0 aliphatic carbocycles. The van der Waals surface area contributed by atoms with Gasteiger partial charge < -0.3 is 14.8 Å². The topological polar surface area (TPSA) is 93.7 Å². The summed E-state index contributed by atoms with van der Waals surface area (Å²) in [5.41, 5.74) is 0.815. The van der Waals surface area contributed by atoms with E-state index in [1.807, 2.05) is 0 Å². The molecule has 0 bridgehead atoms. The van der Waals surface area contributed by atoms with Crippen LogP contribution in [0.15, 0.2) is 71.6 Å². The third-order valence-electron chi connectivity index (χ3n) is 4.17. The first kappa shape index (κ1) is 21.5. The lowest BCUT2D eigenvalue weighted by Crippen LogP contribution is -2.16. The molecule has 0 saturated heterocycles. The lowest BCUT2D eigenvalue weighted by molar-refractivity contribution is 0.102. The Morgan fingerprint density at radius 1 is 0.867 bits per heavy atom. The van der Waals surface area contributed by atoms with E-state index in [0.717, 1.165) is 0 Å². The summed E-state index contributed by atoms with van der Waals surface area (Å²) in [4.78, 5) is 12.5. The lowest BCUT2D eigenvalue weighted by atomic mass is 10.2. The van der Waals surface area contributed by atoms with E-state index in [0.29, 0.717) is 27.8 Å². The molecular weight excluding hydrogens is 428 g/mol. The zero-order chi connectivity index (χ0) is 21.7. The molecule has 3 aromatic carbocycles. The fourth-order valence-corrected chi connectivity index (χ4v) is 4.00. The van der Waals surface area contributed by atoms with Gasteiger partial charge in [-0.15, -0.1) is 0 Å². The van der Waals surface area contributed by atoms with E-state index in [-0.39, 0.29) is 10.6 Å². The van der Waals surface area contributed by atoms with Crippen molar-refractivity contribution in [1.82, 2.24) is 0 Å². The predicted molar refractivity (Wildman–Crippen MR) is 116 cm³/mol. The number of amides is 1. The van der Waals surface area contributed by atoms with E-state index >= 15 is 0 Å². The summed E-state index contributed by atoms with van der Waals surface area (Å²) in [5.74, 6) is 0.230. The molecule has 0 radical (unpaired) electrons. The molecule has 0 aromatic heterocycles. The quantitative estimate of drug-likeness (QED) is 0.560. The average molecular weight is 447 g/mol. The van der Waals surface area contributed by atoms with Gasteiger partial charge in [-0.25, -0.2) is 8.42 Å². The first-order valence-corrected chi connectivity index (χ1v) is 10.6. The monoisotopic (exact) mass is 446 g/mol. The maximum atomic E-state index is 12.9. The number of carbonyl (C=O) groups excluding carboxylic acids is 1. The van der Waals surface area contributed by atoms with Gasteiger partial charge in [0.25, 0.3) is 15.9 Å². The zero-order valence-corrected chi connectivity index (χ0v) is 17.8. The van der Waals surface area contributed by atoms with Crippen LogP contribution in [0.4, 0.5) is 11.4 Å². The van der Waals surface area contributed by atoms with Crippen LogP contribution in [0.1, 0.15) is 10.4 Å². The van der Waals surface area contributed by atoms with Crippen molar-refractivity contribution < 1.29 is 22.7 Å². The summed E-state index contributed by atoms with van der Waals surface area (Å²) in [6.07, 6.45) is 0. The number of hydrogen-bond donors (Lipinski definition) is 2. The van der Waals surface area contributed by atoms with Gasteiger partial charge in [-0.1, -0.05) is 29.8 Å². The van der Waals surface area contributed by atoms with Gasteiger partial charge in [-0.2, -0.15) is 0 Å². The van der Waals surface area contributed by atoms with Crippen molar-refractivity contribution in [2.24, 2.45) is 0 Å². The number of nitrogens with one attached hydrogen (secondary N) is 2. The third kappa shape index (κ3) is 4.84. The molecule has 0 saturated carbocycles. The molecule has 0 atom stereocenters. The van der Waals surface area contributed by atoms with Crippen LogP contribution in [-0.4, -0.2) is 28.5 Å². The predicted octanol–water partition coefficient (Wildman–Crippen LogP) is 4.41. The Kier molecular flexibility index (Phi) is 6.49. The number of hydrogen-bond acceptors (Lipinski definition) is 5. The van der Waals surface area contributed by atoms with Crippen LogP contribution in [-0.2, 0) is 10.0 Å². The smallest absolute Gasteiger partial charge is 0.262 e. The van der Waals surface area contributed by atoms with Gasteiger partial charge in [-0.3, -0.25) is 9.52 Å². The summed E-state index contributed by atoms with van der Waals surface area (Å²) >= 11 is 5.93. The molecule has 0 aliphatic rings. The molecule has 3 aromatic rings. The molecule has 0 heterocycles. The van der Waals surface area contributed by atoms with E-state index in [1.54, 1.807) is 42.5 Å². The molecular formula is C21H19ClN2O5S. The normalized spacial score (nSPS) is 10.9. The van der Waals surface area contributed by atoms with E-state index in [4.69, 9.17) is 21.1 Å². The largest absolute Gasteiger partial charge is 0.495 e. The number of rotatable bonds is 7. The summed E-state index contributed by atoms with van der Waals surface area (Å²) in [7, 11) is -1.09. The van der Waals surface area contributed by atoms with Crippen LogP contribution in [0.5, 0.6) is 11.5 Å². The highest BCUT2D eigenvalue weighted by molar-refractivity contribution is 7.92. The minimum Gasteiger partial charge on any atom is -0.495 e. The van der Waals surface area contributed by atoms with Gasteiger partial charge in [-0.05, 0) is 48.5 Å². The molecule has 1 amide bonds. The van der Waals surface area contributed by atoms with E-state index in [9.17, 15) is 13.2 Å². The highest BCUT2D eigenvalue weighted by Crippen LogP contribution is 2.31. The molecule has 3 rings (SSSR count). The maximum Gasteiger partial charge on any atom is 0.262 e. The van der Waals surface area contributed by atoms with E-state index in [1.165, 1.54) is 38.5 Å². The van der Waals surface area contributed by atoms with Crippen LogP contribution < -0.4 is 19.5 Å². The number of sulfonamides is 1. The van der Waals surface area contributed by atoms with E-state index < -0.39 is 15.9 Å². The lowest BCUT2D eigenvalue weighted by Gasteiger charge is -2.14. The first-order chi connectivity index (χ1) is 14.3. The highest BCUT2D eigenvalue weighted by atomic mass is 35.5. The number of carbonyl (C=O) groups is 1. The Balaban J connectivity index is 1.92. The van der Waals surface area contributed by atoms with Gasteiger partial charge in [0.1, 0.15) is 11.5 Å². The molecule has 2 N–H and O–H groups in total. The van der Waals surface area contributed by atoms with Crippen molar-refractivity contribution in [3.8, 4) is 11.5 Å². The number of ether oxygens (including phenoxy) is 2. The van der Waals surface area contributed by atoms with Crippen molar-refractivity contribution in [3.63, 3.8) is 0 Å². The maximum absolute atomic E-state index is 12.9. The van der Waals surface area contributed by atoms with Crippen LogP contribution in [0.3, 0.4) is 0 Å². The molecule has 0 spiro atoms. The molecule has 0 aliphatic heterocycles. The Labute approximate surface area is 179 Å². The van der Waals surface area contributed by atoms with Crippen LogP contribution in [0.2, 0.25) is 5.02 Å². The number of halogens is 1. The molecule has 9 heteroatoms. The summed E-state index contributed by atoms with van der Waals surface area (Å²) in [6, 6.07) is 17.2. The summed E-state index contributed by atoms with van der Waals surface area (Å²) in [6.45, 7) is 0. The first-order valence-electron chi connectivity index (χ1n) is 8.75. The average Bonchev–Trinajstić information content (AvgIpc) is 2.73. The van der Waals surface area contributed by atoms with Crippen LogP contribution in [0.25, 0.3) is 0 Å². The fraction of sp³-hybridized carbons (Fsp3) is 0.0952. The summed E-state index contributed by atoms with van der Waals surface area (Å²) < 4.78 is 38.7. The third-order valence-corrected chi connectivity index (χ3v) is 5.77. The Bertz CT molecular complexity index is 1180. The number of benzene rings is 3. The van der Waals surface area contributed by atoms with Crippen molar-refractivity contribution in [1.29, 1.82) is 0 Å². The summed E-state index contributed by atoms with van der Waals surface area (Å²) in [5, 5.41) is 3.07. The number of methoxy groups -OCH3 is 2. The molecule has 0 unspecified atom stereocenters. The van der Waals surface area contributed by atoms with Gasteiger partial charge >= 0.3 is 0 Å². The standard InChI is InChI=1S/C21H19ClN2O5S/c1-28-19-9-4-3-8-17(19)24-30(26,27)16-10-11-20(29-2)18(13-16)23-21(25)14-6-5-7-15(22)12-14/h3-13,24H,1-2H3,(H,23,25). The second-order valence-electron chi connectivity index (χ2n) is 6.13. The molecule has 156 valence electrons. The van der Waals surface area contributed by atoms with Crippen LogP contribution >= 0.6 is 11.6 Å².